The zero-order valence-corrected chi connectivity index (χ0v) is 27.3. The quantitative estimate of drug-likeness (QED) is 0.144. The minimum Gasteiger partial charge on any atom is -0.497 e. The molecular weight excluding hydrogens is 638 g/mol. The van der Waals surface area contributed by atoms with Crippen molar-refractivity contribution in [1.82, 2.24) is 20.1 Å². The first kappa shape index (κ1) is 34.1. The highest BCUT2D eigenvalue weighted by Gasteiger charge is 2.29. The van der Waals surface area contributed by atoms with Crippen molar-refractivity contribution < 1.29 is 37.8 Å². The molecule has 0 bridgehead atoms. The summed E-state index contributed by atoms with van der Waals surface area (Å²) in [5, 5.41) is 13.7. The van der Waals surface area contributed by atoms with Crippen LogP contribution >= 0.6 is 23.1 Å². The predicted octanol–water partition coefficient (Wildman–Crippen LogP) is 5.19. The lowest BCUT2D eigenvalue weighted by Crippen LogP contribution is -2.25. The van der Waals surface area contributed by atoms with Crippen LogP contribution in [0.3, 0.4) is 0 Å². The maximum Gasteiger partial charge on any atom is 0.348 e. The molecule has 1 atom stereocenters. The molecule has 4 rings (SSSR count). The second-order valence-corrected chi connectivity index (χ2v) is 11.9. The number of nitrogens with zero attached hydrogens (tertiary/aromatic N) is 3. The molecule has 46 heavy (non-hydrogen) atoms. The van der Waals surface area contributed by atoms with Gasteiger partial charge in [0.15, 0.2) is 11.0 Å². The number of carbonyl (C=O) groups excluding carboxylic acids is 4. The van der Waals surface area contributed by atoms with E-state index in [-0.39, 0.29) is 41.1 Å². The van der Waals surface area contributed by atoms with E-state index in [0.29, 0.717) is 33.5 Å². The van der Waals surface area contributed by atoms with Crippen LogP contribution in [-0.4, -0.2) is 64.1 Å². The Morgan fingerprint density at radius 1 is 0.978 bits per heavy atom. The lowest BCUT2D eigenvalue weighted by molar-refractivity contribution is -0.115. The van der Waals surface area contributed by atoms with E-state index >= 15 is 0 Å². The van der Waals surface area contributed by atoms with Crippen LogP contribution in [0.25, 0.3) is 5.69 Å². The van der Waals surface area contributed by atoms with Crippen molar-refractivity contribution in [3.63, 3.8) is 0 Å². The smallest absolute Gasteiger partial charge is 0.348 e. The summed E-state index contributed by atoms with van der Waals surface area (Å²) < 4.78 is 30.8. The summed E-state index contributed by atoms with van der Waals surface area (Å²) in [5.41, 5.74) is 1.33. The molecule has 4 aromatic rings. The Labute approximate surface area is 272 Å². The van der Waals surface area contributed by atoms with Gasteiger partial charge in [-0.3, -0.25) is 14.2 Å². The molecule has 0 saturated carbocycles. The van der Waals surface area contributed by atoms with E-state index in [1.807, 2.05) is 0 Å². The average molecular weight is 670 g/mol. The Morgan fingerprint density at radius 2 is 1.63 bits per heavy atom. The predicted molar refractivity (Wildman–Crippen MR) is 170 cm³/mol. The number of rotatable bonds is 13. The fourth-order valence-corrected chi connectivity index (χ4v) is 6.19. The number of aromatic nitrogens is 3. The Balaban J connectivity index is 1.57. The highest BCUT2D eigenvalue weighted by atomic mass is 32.2. The third-order valence-electron chi connectivity index (χ3n) is 6.52. The molecule has 2 heterocycles. The molecule has 15 heteroatoms. The second-order valence-electron chi connectivity index (χ2n) is 9.57. The summed E-state index contributed by atoms with van der Waals surface area (Å²) in [6.07, 6.45) is 0. The Kier molecular flexibility index (Phi) is 11.5. The van der Waals surface area contributed by atoms with Crippen LogP contribution in [0.4, 0.5) is 9.39 Å². The number of hydrogen-bond acceptors (Lipinski definition) is 11. The van der Waals surface area contributed by atoms with Crippen molar-refractivity contribution in [2.45, 2.75) is 44.6 Å². The van der Waals surface area contributed by atoms with Gasteiger partial charge in [0.1, 0.15) is 21.4 Å². The molecule has 0 aliphatic carbocycles. The van der Waals surface area contributed by atoms with Gasteiger partial charge in [-0.05, 0) is 81.8 Å². The molecule has 0 aliphatic heterocycles. The van der Waals surface area contributed by atoms with Crippen LogP contribution in [0, 0.1) is 12.7 Å². The number of esters is 2. The van der Waals surface area contributed by atoms with Crippen molar-refractivity contribution in [1.29, 1.82) is 0 Å². The minimum atomic E-state index is -0.784. The number of halogens is 1. The highest BCUT2D eigenvalue weighted by Crippen LogP contribution is 2.35. The lowest BCUT2D eigenvalue weighted by atomic mass is 10.1. The van der Waals surface area contributed by atoms with Crippen LogP contribution in [0.1, 0.15) is 62.5 Å². The van der Waals surface area contributed by atoms with E-state index in [2.05, 4.69) is 20.8 Å². The molecule has 0 spiro atoms. The van der Waals surface area contributed by atoms with Crippen molar-refractivity contribution in [3.8, 4) is 11.4 Å². The second kappa shape index (κ2) is 15.5. The molecule has 0 fully saturated rings. The maximum absolute atomic E-state index is 13.8. The summed E-state index contributed by atoms with van der Waals surface area (Å²) in [6.45, 7) is 6.75. The van der Waals surface area contributed by atoms with Crippen LogP contribution in [0.5, 0.6) is 5.75 Å². The number of hydrogen-bond donors (Lipinski definition) is 2. The number of amides is 2. The minimum absolute atomic E-state index is 0.0234. The number of nitrogens with one attached hydrogen (secondary N) is 2. The third kappa shape index (κ3) is 7.90. The molecule has 2 aromatic heterocycles. The molecule has 0 saturated heterocycles. The molecule has 2 N–H and O–H groups in total. The molecule has 2 aromatic carbocycles. The van der Waals surface area contributed by atoms with Gasteiger partial charge < -0.3 is 24.8 Å². The summed E-state index contributed by atoms with van der Waals surface area (Å²) in [4.78, 5) is 51.7. The SMILES string of the molecule is CCOC(=O)c1sc(NC(=O)C(C)Sc2nnc(CNC(=O)c3ccc(OC)cc3)n2-c2ccc(F)cc2)c(C(=O)OCC)c1C. The number of carbonyl (C=O) groups is 4. The normalized spacial score (nSPS) is 11.4. The molecule has 1 unspecified atom stereocenters. The monoisotopic (exact) mass is 669 g/mol. The summed E-state index contributed by atoms with van der Waals surface area (Å²) in [7, 11) is 1.53. The number of anilines is 1. The zero-order chi connectivity index (χ0) is 33.4. The van der Waals surface area contributed by atoms with Gasteiger partial charge in [-0.25, -0.2) is 14.0 Å². The van der Waals surface area contributed by atoms with Crippen LogP contribution in [0.2, 0.25) is 0 Å². The first-order valence-corrected chi connectivity index (χ1v) is 15.8. The van der Waals surface area contributed by atoms with E-state index in [4.69, 9.17) is 14.2 Å². The molecule has 12 nitrogen and oxygen atoms in total. The van der Waals surface area contributed by atoms with Crippen molar-refractivity contribution in [2.75, 3.05) is 25.6 Å². The molecular formula is C31H32FN5O7S2. The van der Waals surface area contributed by atoms with Crippen LogP contribution in [0.15, 0.2) is 53.7 Å². The van der Waals surface area contributed by atoms with Crippen LogP contribution < -0.4 is 15.4 Å². The fraction of sp³-hybridized carbons (Fsp3) is 0.290. The lowest BCUT2D eigenvalue weighted by Gasteiger charge is -2.14. The summed E-state index contributed by atoms with van der Waals surface area (Å²) in [6, 6.07) is 12.2. The number of thioether (sulfide) groups is 1. The molecule has 0 aliphatic rings. The van der Waals surface area contributed by atoms with Crippen molar-refractivity contribution >= 4 is 51.9 Å². The van der Waals surface area contributed by atoms with Crippen molar-refractivity contribution in [3.05, 3.63) is 81.7 Å². The maximum atomic E-state index is 13.8. The summed E-state index contributed by atoms with van der Waals surface area (Å²) in [5.74, 6) is -1.64. The van der Waals surface area contributed by atoms with E-state index in [1.165, 1.54) is 31.4 Å². The van der Waals surface area contributed by atoms with Crippen molar-refractivity contribution in [2.24, 2.45) is 0 Å². The van der Waals surface area contributed by atoms with Crippen LogP contribution in [-0.2, 0) is 20.8 Å². The van der Waals surface area contributed by atoms with Gasteiger partial charge in [0, 0.05) is 11.3 Å². The Bertz CT molecular complexity index is 1720. The van der Waals surface area contributed by atoms with Gasteiger partial charge in [0.05, 0.1) is 37.7 Å². The Morgan fingerprint density at radius 3 is 2.26 bits per heavy atom. The zero-order valence-electron chi connectivity index (χ0n) is 25.7. The van der Waals surface area contributed by atoms with Gasteiger partial charge >= 0.3 is 11.9 Å². The first-order chi connectivity index (χ1) is 22.1. The summed E-state index contributed by atoms with van der Waals surface area (Å²) >= 11 is 1.98. The standard InChI is InChI=1S/C31H32FN5O7S2/c1-6-43-29(40)24-17(3)25(30(41)44-7-2)46-28(24)34-26(38)18(4)45-31-36-35-23(37(31)21-12-10-20(32)11-13-21)16-33-27(39)19-8-14-22(42-5)15-9-19/h8-15,18H,6-7,16H2,1-5H3,(H,33,39)(H,34,38). The molecule has 242 valence electrons. The number of methoxy groups -OCH3 is 1. The Hall–Kier alpha value is -4.76. The topological polar surface area (TPSA) is 151 Å². The van der Waals surface area contributed by atoms with E-state index in [1.54, 1.807) is 56.5 Å². The third-order valence-corrected chi connectivity index (χ3v) is 8.75. The van der Waals surface area contributed by atoms with Gasteiger partial charge in [0.2, 0.25) is 5.91 Å². The number of thiophene rings is 1. The molecule has 2 amide bonds. The van der Waals surface area contributed by atoms with Gasteiger partial charge in [0.25, 0.3) is 5.91 Å². The van der Waals surface area contributed by atoms with Gasteiger partial charge in [-0.2, -0.15) is 0 Å². The van der Waals surface area contributed by atoms with Gasteiger partial charge in [-0.1, -0.05) is 11.8 Å². The number of benzene rings is 2. The van der Waals surface area contributed by atoms with Gasteiger partial charge in [-0.15, -0.1) is 21.5 Å². The van der Waals surface area contributed by atoms with E-state index < -0.39 is 28.9 Å². The fourth-order valence-electron chi connectivity index (χ4n) is 4.21. The molecule has 0 radical (unpaired) electrons. The average Bonchev–Trinajstić information content (AvgIpc) is 3.60. The number of ether oxygens (including phenoxy) is 3. The van der Waals surface area contributed by atoms with E-state index in [9.17, 15) is 23.6 Å². The van der Waals surface area contributed by atoms with E-state index in [0.717, 1.165) is 23.1 Å². The first-order valence-electron chi connectivity index (χ1n) is 14.1. The largest absolute Gasteiger partial charge is 0.497 e. The highest BCUT2D eigenvalue weighted by molar-refractivity contribution is 8.00.